The van der Waals surface area contributed by atoms with Gasteiger partial charge < -0.3 is 20.6 Å². The molecular formula is C17H37IN4O. The first-order valence-corrected chi connectivity index (χ1v) is 9.04. The smallest absolute Gasteiger partial charge is 0.191 e. The summed E-state index contributed by atoms with van der Waals surface area (Å²) in [6, 6.07) is 0. The minimum atomic E-state index is -0.0790. The summed E-state index contributed by atoms with van der Waals surface area (Å²) in [5.41, 5.74) is 0. The first-order chi connectivity index (χ1) is 10.6. The summed E-state index contributed by atoms with van der Waals surface area (Å²) < 4.78 is 0. The van der Waals surface area contributed by atoms with Crippen molar-refractivity contribution in [2.24, 2.45) is 10.9 Å². The molecule has 0 aromatic carbocycles. The molecule has 1 fully saturated rings. The van der Waals surface area contributed by atoms with Gasteiger partial charge in [0.2, 0.25) is 0 Å². The van der Waals surface area contributed by atoms with E-state index in [-0.39, 0.29) is 30.1 Å². The Hall–Kier alpha value is -0.0800. The van der Waals surface area contributed by atoms with E-state index >= 15 is 0 Å². The van der Waals surface area contributed by atoms with Crippen LogP contribution in [0.4, 0.5) is 0 Å². The SMILES string of the molecule is CCNC(=NCCCN1CCC(O)CC1)NCCCC(C)C.I. The first-order valence-electron chi connectivity index (χ1n) is 9.04. The molecule has 23 heavy (non-hydrogen) atoms. The maximum Gasteiger partial charge on any atom is 0.191 e. The standard InChI is InChI=1S/C17H36N4O.HI/c1-4-18-17(19-10-5-7-15(2)3)20-11-6-12-21-13-8-16(22)9-14-21;/h15-16,22H,4-14H2,1-3H3,(H2,18,19,20);1H. The van der Waals surface area contributed by atoms with E-state index in [2.05, 4.69) is 41.3 Å². The predicted octanol–water partition coefficient (Wildman–Crippen LogP) is 2.44. The Kier molecular flexibility index (Phi) is 14.2. The fourth-order valence-electron chi connectivity index (χ4n) is 2.69. The highest BCUT2D eigenvalue weighted by atomic mass is 127. The lowest BCUT2D eigenvalue weighted by atomic mass is 10.1. The van der Waals surface area contributed by atoms with Gasteiger partial charge in [0, 0.05) is 32.7 Å². The summed E-state index contributed by atoms with van der Waals surface area (Å²) in [7, 11) is 0. The highest BCUT2D eigenvalue weighted by molar-refractivity contribution is 14.0. The summed E-state index contributed by atoms with van der Waals surface area (Å²) in [6.07, 6.45) is 5.29. The van der Waals surface area contributed by atoms with Crippen LogP contribution in [0, 0.1) is 5.92 Å². The molecule has 0 unspecified atom stereocenters. The number of nitrogens with one attached hydrogen (secondary N) is 2. The molecule has 0 aromatic rings. The molecule has 6 heteroatoms. The van der Waals surface area contributed by atoms with E-state index in [1.807, 2.05) is 0 Å². The van der Waals surface area contributed by atoms with E-state index in [0.717, 1.165) is 70.4 Å². The third-order valence-corrected chi connectivity index (χ3v) is 4.05. The summed E-state index contributed by atoms with van der Waals surface area (Å²) in [6.45, 7) is 12.5. The molecule has 1 saturated heterocycles. The lowest BCUT2D eigenvalue weighted by Crippen LogP contribution is -2.38. The van der Waals surface area contributed by atoms with Crippen molar-refractivity contribution < 1.29 is 5.11 Å². The van der Waals surface area contributed by atoms with Crippen LogP contribution in [-0.4, -0.2) is 61.3 Å². The van der Waals surface area contributed by atoms with Crippen molar-refractivity contribution in [3.05, 3.63) is 0 Å². The predicted molar refractivity (Wildman–Crippen MR) is 110 cm³/mol. The Labute approximate surface area is 159 Å². The molecule has 1 rings (SSSR count). The molecule has 0 amide bonds. The molecule has 1 aliphatic rings. The monoisotopic (exact) mass is 440 g/mol. The number of aliphatic imine (C=N–C) groups is 1. The van der Waals surface area contributed by atoms with Crippen LogP contribution in [0.1, 0.15) is 52.9 Å². The number of halogens is 1. The molecule has 5 nitrogen and oxygen atoms in total. The van der Waals surface area contributed by atoms with E-state index in [1.165, 1.54) is 12.8 Å². The second-order valence-corrected chi connectivity index (χ2v) is 6.65. The summed E-state index contributed by atoms with van der Waals surface area (Å²) in [5.74, 6) is 1.71. The second kappa shape index (κ2) is 14.3. The zero-order chi connectivity index (χ0) is 16.2. The number of aliphatic hydroxyl groups is 1. The molecule has 138 valence electrons. The fraction of sp³-hybridized carbons (Fsp3) is 0.941. The minimum absolute atomic E-state index is 0. The largest absolute Gasteiger partial charge is 0.393 e. The van der Waals surface area contributed by atoms with Crippen molar-refractivity contribution in [2.75, 3.05) is 39.3 Å². The fourth-order valence-corrected chi connectivity index (χ4v) is 2.69. The Morgan fingerprint density at radius 1 is 1.22 bits per heavy atom. The van der Waals surface area contributed by atoms with Gasteiger partial charge in [-0.15, -0.1) is 24.0 Å². The molecule has 0 aliphatic carbocycles. The number of likely N-dealkylation sites (tertiary alicyclic amines) is 1. The lowest BCUT2D eigenvalue weighted by molar-refractivity contribution is 0.0824. The minimum Gasteiger partial charge on any atom is -0.393 e. The van der Waals surface area contributed by atoms with Crippen molar-refractivity contribution in [3.63, 3.8) is 0 Å². The van der Waals surface area contributed by atoms with Crippen molar-refractivity contribution in [1.29, 1.82) is 0 Å². The van der Waals surface area contributed by atoms with Gasteiger partial charge in [-0.25, -0.2) is 0 Å². The quantitative estimate of drug-likeness (QED) is 0.223. The van der Waals surface area contributed by atoms with Crippen LogP contribution in [0.5, 0.6) is 0 Å². The average molecular weight is 440 g/mol. The van der Waals surface area contributed by atoms with Gasteiger partial charge in [-0.05, 0) is 51.5 Å². The van der Waals surface area contributed by atoms with Gasteiger partial charge in [0.25, 0.3) is 0 Å². The number of rotatable bonds is 9. The zero-order valence-electron chi connectivity index (χ0n) is 15.2. The van der Waals surface area contributed by atoms with Crippen molar-refractivity contribution in [3.8, 4) is 0 Å². The van der Waals surface area contributed by atoms with Gasteiger partial charge in [0.05, 0.1) is 6.10 Å². The van der Waals surface area contributed by atoms with Crippen molar-refractivity contribution in [1.82, 2.24) is 15.5 Å². The average Bonchev–Trinajstić information content (AvgIpc) is 2.49. The Morgan fingerprint density at radius 3 is 2.52 bits per heavy atom. The van der Waals surface area contributed by atoms with Crippen molar-refractivity contribution >= 4 is 29.9 Å². The molecule has 0 radical (unpaired) electrons. The molecule has 0 spiro atoms. The van der Waals surface area contributed by atoms with Crippen LogP contribution in [0.2, 0.25) is 0 Å². The second-order valence-electron chi connectivity index (χ2n) is 6.65. The highest BCUT2D eigenvalue weighted by Gasteiger charge is 2.15. The number of piperidine rings is 1. The summed E-state index contributed by atoms with van der Waals surface area (Å²) in [5, 5.41) is 16.2. The molecule has 0 saturated carbocycles. The third kappa shape index (κ3) is 12.0. The van der Waals surface area contributed by atoms with Crippen LogP contribution in [0.25, 0.3) is 0 Å². The van der Waals surface area contributed by atoms with E-state index in [9.17, 15) is 5.11 Å². The summed E-state index contributed by atoms with van der Waals surface area (Å²) in [4.78, 5) is 7.08. The van der Waals surface area contributed by atoms with Crippen LogP contribution in [0.3, 0.4) is 0 Å². The number of guanidine groups is 1. The van der Waals surface area contributed by atoms with Crippen LogP contribution < -0.4 is 10.6 Å². The maximum absolute atomic E-state index is 9.50. The van der Waals surface area contributed by atoms with Gasteiger partial charge in [-0.2, -0.15) is 0 Å². The Bertz CT molecular complexity index is 305. The zero-order valence-corrected chi connectivity index (χ0v) is 17.5. The van der Waals surface area contributed by atoms with Crippen LogP contribution in [0.15, 0.2) is 4.99 Å². The topological polar surface area (TPSA) is 59.9 Å². The molecule has 3 N–H and O–H groups in total. The molecule has 1 aliphatic heterocycles. The third-order valence-electron chi connectivity index (χ3n) is 4.05. The molecule has 0 aromatic heterocycles. The lowest BCUT2D eigenvalue weighted by Gasteiger charge is -2.29. The number of hydrogen-bond acceptors (Lipinski definition) is 3. The highest BCUT2D eigenvalue weighted by Crippen LogP contribution is 2.09. The molecule has 0 atom stereocenters. The van der Waals surface area contributed by atoms with Gasteiger partial charge >= 0.3 is 0 Å². The Morgan fingerprint density at radius 2 is 1.91 bits per heavy atom. The summed E-state index contributed by atoms with van der Waals surface area (Å²) >= 11 is 0. The first kappa shape index (κ1) is 22.9. The van der Waals surface area contributed by atoms with E-state index in [0.29, 0.717) is 0 Å². The number of aliphatic hydroxyl groups excluding tert-OH is 1. The van der Waals surface area contributed by atoms with Gasteiger partial charge in [0.1, 0.15) is 0 Å². The molecule has 1 heterocycles. The number of hydrogen-bond donors (Lipinski definition) is 3. The Balaban J connectivity index is 0.00000484. The maximum atomic E-state index is 9.50. The van der Waals surface area contributed by atoms with Gasteiger partial charge in [-0.3, -0.25) is 4.99 Å². The van der Waals surface area contributed by atoms with Gasteiger partial charge in [-0.1, -0.05) is 13.8 Å². The van der Waals surface area contributed by atoms with Crippen LogP contribution >= 0.6 is 24.0 Å². The van der Waals surface area contributed by atoms with Crippen LogP contribution in [-0.2, 0) is 0 Å². The van der Waals surface area contributed by atoms with Crippen molar-refractivity contribution in [2.45, 2.75) is 59.0 Å². The molecular weight excluding hydrogens is 403 g/mol. The van der Waals surface area contributed by atoms with E-state index < -0.39 is 0 Å². The van der Waals surface area contributed by atoms with E-state index in [1.54, 1.807) is 0 Å². The normalized spacial score (nSPS) is 17.2. The van der Waals surface area contributed by atoms with Gasteiger partial charge in [0.15, 0.2) is 5.96 Å². The van der Waals surface area contributed by atoms with E-state index in [4.69, 9.17) is 0 Å². The number of nitrogens with zero attached hydrogens (tertiary/aromatic N) is 2. The molecule has 0 bridgehead atoms.